The fourth-order valence-electron chi connectivity index (χ4n) is 2.08. The quantitative estimate of drug-likeness (QED) is 0.542. The molecule has 0 atom stereocenters. The number of nitrogens with zero attached hydrogens (tertiary/aromatic N) is 1. The van der Waals surface area contributed by atoms with E-state index in [0.717, 1.165) is 25.7 Å². The van der Waals surface area contributed by atoms with Crippen LogP contribution in [0.25, 0.3) is 0 Å². The lowest BCUT2D eigenvalue weighted by atomic mass is 10.1. The molecule has 0 saturated carbocycles. The van der Waals surface area contributed by atoms with Gasteiger partial charge in [0.1, 0.15) is 5.71 Å². The van der Waals surface area contributed by atoms with E-state index in [0.29, 0.717) is 30.1 Å². The van der Waals surface area contributed by atoms with Gasteiger partial charge in [0.25, 0.3) is 5.91 Å². The molecule has 5 nitrogen and oxygen atoms in total. The molecule has 0 heterocycles. The molecule has 0 fully saturated rings. The first-order valence-electron chi connectivity index (χ1n) is 8.29. The van der Waals surface area contributed by atoms with Gasteiger partial charge in [0.05, 0.1) is 5.69 Å². The molecule has 0 bridgehead atoms. The van der Waals surface area contributed by atoms with Crippen LogP contribution in [0, 0.1) is 0 Å². The molecular weight excluding hydrogens is 290 g/mol. The van der Waals surface area contributed by atoms with Gasteiger partial charge in [0, 0.05) is 25.6 Å². The number of aliphatic imine (C=N–C) groups is 1. The smallest absolute Gasteiger partial charge is 0.270 e. The number of carbonyl (C=O) groups excluding carboxylic acids is 2. The summed E-state index contributed by atoms with van der Waals surface area (Å²) in [7, 11) is 0. The van der Waals surface area contributed by atoms with E-state index in [1.54, 1.807) is 6.07 Å². The van der Waals surface area contributed by atoms with Crippen molar-refractivity contribution in [2.24, 2.45) is 4.99 Å². The molecule has 1 aromatic rings. The van der Waals surface area contributed by atoms with Gasteiger partial charge < -0.3 is 10.6 Å². The standard InChI is InChI=1S/C18H27N3O2/c1-4-6-12-19-17(18(23)20-13-7-5-2)15-10-8-9-11-16(15)21-14(3)22/h8-11H,4-7,12-13H2,1-3H3,(H,20,23)(H,21,22). The molecule has 0 spiro atoms. The Kier molecular flexibility index (Phi) is 8.65. The molecule has 1 rings (SSSR count). The predicted molar refractivity (Wildman–Crippen MR) is 95.0 cm³/mol. The van der Waals surface area contributed by atoms with Crippen molar-refractivity contribution in [1.82, 2.24) is 5.32 Å². The number of hydrogen-bond acceptors (Lipinski definition) is 3. The fraction of sp³-hybridized carbons (Fsp3) is 0.500. The summed E-state index contributed by atoms with van der Waals surface area (Å²) in [6.45, 7) is 6.84. The normalized spacial score (nSPS) is 11.2. The van der Waals surface area contributed by atoms with Gasteiger partial charge in [-0.15, -0.1) is 0 Å². The summed E-state index contributed by atoms with van der Waals surface area (Å²) < 4.78 is 0. The Morgan fingerprint density at radius 3 is 2.43 bits per heavy atom. The van der Waals surface area contributed by atoms with Crippen LogP contribution in [0.5, 0.6) is 0 Å². The minimum absolute atomic E-state index is 0.170. The molecule has 0 aliphatic heterocycles. The summed E-state index contributed by atoms with van der Waals surface area (Å²) in [5.74, 6) is -0.357. The van der Waals surface area contributed by atoms with Gasteiger partial charge in [0.2, 0.25) is 5.91 Å². The van der Waals surface area contributed by atoms with Crippen LogP contribution in [0.3, 0.4) is 0 Å². The highest BCUT2D eigenvalue weighted by Crippen LogP contribution is 2.17. The summed E-state index contributed by atoms with van der Waals surface area (Å²) in [5, 5.41) is 5.67. The van der Waals surface area contributed by atoms with E-state index >= 15 is 0 Å². The Morgan fingerprint density at radius 1 is 1.09 bits per heavy atom. The van der Waals surface area contributed by atoms with Gasteiger partial charge in [-0.3, -0.25) is 14.6 Å². The topological polar surface area (TPSA) is 70.6 Å². The molecule has 0 aliphatic rings. The van der Waals surface area contributed by atoms with Crippen LogP contribution in [-0.2, 0) is 9.59 Å². The van der Waals surface area contributed by atoms with Crippen LogP contribution in [0.4, 0.5) is 5.69 Å². The maximum Gasteiger partial charge on any atom is 0.270 e. The van der Waals surface area contributed by atoms with E-state index in [1.807, 2.05) is 18.2 Å². The molecule has 0 aliphatic carbocycles. The number of anilines is 1. The molecule has 0 aromatic heterocycles. The highest BCUT2D eigenvalue weighted by molar-refractivity contribution is 6.46. The van der Waals surface area contributed by atoms with Crippen molar-refractivity contribution in [2.45, 2.75) is 46.5 Å². The molecule has 2 N–H and O–H groups in total. The van der Waals surface area contributed by atoms with Gasteiger partial charge >= 0.3 is 0 Å². The minimum Gasteiger partial charge on any atom is -0.351 e. The number of benzene rings is 1. The lowest BCUT2D eigenvalue weighted by Gasteiger charge is -2.13. The van der Waals surface area contributed by atoms with E-state index in [1.165, 1.54) is 6.92 Å². The van der Waals surface area contributed by atoms with Crippen LogP contribution >= 0.6 is 0 Å². The van der Waals surface area contributed by atoms with Crippen molar-refractivity contribution in [3.63, 3.8) is 0 Å². The van der Waals surface area contributed by atoms with E-state index in [2.05, 4.69) is 29.5 Å². The number of hydrogen-bond donors (Lipinski definition) is 2. The monoisotopic (exact) mass is 317 g/mol. The maximum absolute atomic E-state index is 12.5. The maximum atomic E-state index is 12.5. The number of para-hydroxylation sites is 1. The predicted octanol–water partition coefficient (Wildman–Crippen LogP) is 3.15. The summed E-state index contributed by atoms with van der Waals surface area (Å²) >= 11 is 0. The first kappa shape index (κ1) is 18.9. The third-order valence-electron chi connectivity index (χ3n) is 3.31. The van der Waals surface area contributed by atoms with E-state index in [-0.39, 0.29) is 11.8 Å². The van der Waals surface area contributed by atoms with Gasteiger partial charge in [-0.2, -0.15) is 0 Å². The first-order chi connectivity index (χ1) is 11.1. The lowest BCUT2D eigenvalue weighted by molar-refractivity contribution is -0.115. The molecule has 5 heteroatoms. The average Bonchev–Trinajstić information content (AvgIpc) is 2.52. The van der Waals surface area contributed by atoms with E-state index in [4.69, 9.17) is 0 Å². The second kappa shape index (κ2) is 10.5. The number of carbonyl (C=O) groups is 2. The number of rotatable bonds is 9. The van der Waals surface area contributed by atoms with Crippen LogP contribution in [0.1, 0.15) is 52.0 Å². The minimum atomic E-state index is -0.188. The second-order valence-electron chi connectivity index (χ2n) is 5.42. The first-order valence-corrected chi connectivity index (χ1v) is 8.29. The summed E-state index contributed by atoms with van der Waals surface area (Å²) in [6, 6.07) is 7.27. The molecule has 0 unspecified atom stereocenters. The van der Waals surface area contributed by atoms with Crippen molar-refractivity contribution in [1.29, 1.82) is 0 Å². The van der Waals surface area contributed by atoms with Crippen molar-refractivity contribution in [3.05, 3.63) is 29.8 Å². The Balaban J connectivity index is 3.06. The fourth-order valence-corrected chi connectivity index (χ4v) is 2.08. The van der Waals surface area contributed by atoms with Crippen LogP contribution < -0.4 is 10.6 Å². The Hall–Kier alpha value is -2.17. The SMILES string of the molecule is CCCCN=C(C(=O)NCCCC)c1ccccc1NC(C)=O. The van der Waals surface area contributed by atoms with Gasteiger partial charge in [0.15, 0.2) is 0 Å². The van der Waals surface area contributed by atoms with E-state index in [9.17, 15) is 9.59 Å². The second-order valence-corrected chi connectivity index (χ2v) is 5.42. The van der Waals surface area contributed by atoms with Gasteiger partial charge in [-0.1, -0.05) is 44.9 Å². The van der Waals surface area contributed by atoms with Crippen molar-refractivity contribution in [3.8, 4) is 0 Å². The van der Waals surface area contributed by atoms with Crippen LogP contribution in [-0.4, -0.2) is 30.6 Å². The zero-order valence-electron chi connectivity index (χ0n) is 14.3. The molecule has 126 valence electrons. The Morgan fingerprint density at radius 2 is 1.78 bits per heavy atom. The summed E-state index contributed by atoms with van der Waals surface area (Å²) in [4.78, 5) is 28.4. The third-order valence-corrected chi connectivity index (χ3v) is 3.31. The van der Waals surface area contributed by atoms with Crippen molar-refractivity contribution < 1.29 is 9.59 Å². The van der Waals surface area contributed by atoms with E-state index < -0.39 is 0 Å². The molecule has 1 aromatic carbocycles. The zero-order valence-corrected chi connectivity index (χ0v) is 14.3. The number of amides is 2. The Labute approximate surface area is 138 Å². The van der Waals surface area contributed by atoms with Gasteiger partial charge in [-0.05, 0) is 18.9 Å². The summed E-state index contributed by atoms with van der Waals surface area (Å²) in [5.41, 5.74) is 1.66. The van der Waals surface area contributed by atoms with Crippen LogP contribution in [0.2, 0.25) is 0 Å². The number of nitrogens with one attached hydrogen (secondary N) is 2. The van der Waals surface area contributed by atoms with Gasteiger partial charge in [-0.25, -0.2) is 0 Å². The van der Waals surface area contributed by atoms with Crippen molar-refractivity contribution >= 4 is 23.2 Å². The van der Waals surface area contributed by atoms with Crippen LogP contribution in [0.15, 0.2) is 29.3 Å². The highest BCUT2D eigenvalue weighted by atomic mass is 16.2. The molecule has 0 saturated heterocycles. The zero-order chi connectivity index (χ0) is 17.1. The average molecular weight is 317 g/mol. The number of unbranched alkanes of at least 4 members (excludes halogenated alkanes) is 2. The molecule has 0 radical (unpaired) electrons. The molecule has 23 heavy (non-hydrogen) atoms. The largest absolute Gasteiger partial charge is 0.351 e. The van der Waals surface area contributed by atoms with Crippen molar-refractivity contribution in [2.75, 3.05) is 18.4 Å². The Bertz CT molecular complexity index is 553. The third kappa shape index (κ3) is 6.63. The lowest BCUT2D eigenvalue weighted by Crippen LogP contribution is -2.33. The highest BCUT2D eigenvalue weighted by Gasteiger charge is 2.17. The molecular formula is C18H27N3O2. The molecule has 2 amide bonds. The summed E-state index contributed by atoms with van der Waals surface area (Å²) in [6.07, 6.45) is 3.89.